The molecule has 0 spiro atoms. The van der Waals surface area contributed by atoms with Crippen molar-refractivity contribution in [3.05, 3.63) is 40.8 Å². The highest BCUT2D eigenvalue weighted by Gasteiger charge is 2.37. The van der Waals surface area contributed by atoms with Gasteiger partial charge in [0.05, 0.1) is 11.6 Å². The molecule has 1 aromatic carbocycles. The third-order valence-electron chi connectivity index (χ3n) is 7.03. The predicted octanol–water partition coefficient (Wildman–Crippen LogP) is 4.98. The molecule has 0 unspecified atom stereocenters. The lowest BCUT2D eigenvalue weighted by molar-refractivity contribution is -0.138. The number of rotatable bonds is 5. The molecule has 2 aromatic rings. The van der Waals surface area contributed by atoms with Crippen molar-refractivity contribution in [1.29, 1.82) is 0 Å². The summed E-state index contributed by atoms with van der Waals surface area (Å²) in [6.45, 7) is 11.2. The lowest BCUT2D eigenvalue weighted by atomic mass is 9.76. The second-order valence-electron chi connectivity index (χ2n) is 8.95. The smallest absolute Gasteiger partial charge is 0.231 e. The summed E-state index contributed by atoms with van der Waals surface area (Å²) in [5.41, 5.74) is 2.76. The second kappa shape index (κ2) is 8.32. The highest BCUT2D eigenvalue weighted by Crippen LogP contribution is 2.37. The molecule has 6 nitrogen and oxygen atoms in total. The molecule has 1 aromatic heterocycles. The van der Waals surface area contributed by atoms with E-state index in [9.17, 15) is 4.79 Å². The van der Waals surface area contributed by atoms with E-state index in [4.69, 9.17) is 14.0 Å². The summed E-state index contributed by atoms with van der Waals surface area (Å²) in [5, 5.41) is 4.07. The number of fused-ring (bicyclic) bond motifs is 1. The van der Waals surface area contributed by atoms with Crippen LogP contribution >= 0.6 is 0 Å². The van der Waals surface area contributed by atoms with Crippen LogP contribution in [0, 0.1) is 25.7 Å². The largest absolute Gasteiger partial charge is 0.454 e. The number of hydrogen-bond acceptors (Lipinski definition) is 5. The number of amides is 1. The van der Waals surface area contributed by atoms with Gasteiger partial charge >= 0.3 is 0 Å². The first-order chi connectivity index (χ1) is 14.4. The van der Waals surface area contributed by atoms with Crippen LogP contribution in [0.2, 0.25) is 0 Å². The summed E-state index contributed by atoms with van der Waals surface area (Å²) in [6.07, 6.45) is 3.42. The van der Waals surface area contributed by atoms with E-state index >= 15 is 0 Å². The number of hydrogen-bond donors (Lipinski definition) is 0. The van der Waals surface area contributed by atoms with Gasteiger partial charge in [0.25, 0.3) is 0 Å². The van der Waals surface area contributed by atoms with Crippen LogP contribution in [-0.2, 0) is 11.3 Å². The van der Waals surface area contributed by atoms with Gasteiger partial charge in [0.2, 0.25) is 12.7 Å². The quantitative estimate of drug-likeness (QED) is 0.693. The molecule has 0 N–H and O–H groups in total. The number of nitrogens with zero attached hydrogens (tertiary/aromatic N) is 2. The summed E-state index contributed by atoms with van der Waals surface area (Å²) >= 11 is 0. The maximum absolute atomic E-state index is 13.8. The predicted molar refractivity (Wildman–Crippen MR) is 113 cm³/mol. The highest BCUT2D eigenvalue weighted by molar-refractivity contribution is 5.84. The molecule has 1 aliphatic heterocycles. The third kappa shape index (κ3) is 3.80. The lowest BCUT2D eigenvalue weighted by Gasteiger charge is -2.42. The van der Waals surface area contributed by atoms with Crippen LogP contribution in [0.25, 0.3) is 0 Å². The molecule has 1 amide bonds. The average molecular weight is 413 g/mol. The Labute approximate surface area is 178 Å². The second-order valence-corrected chi connectivity index (χ2v) is 8.95. The van der Waals surface area contributed by atoms with Gasteiger partial charge < -0.3 is 18.9 Å². The Morgan fingerprint density at radius 2 is 1.97 bits per heavy atom. The summed E-state index contributed by atoms with van der Waals surface area (Å²) < 4.78 is 16.4. The van der Waals surface area contributed by atoms with Gasteiger partial charge in [-0.25, -0.2) is 0 Å². The number of carbonyl (C=O) groups excluding carboxylic acids is 1. The topological polar surface area (TPSA) is 64.8 Å². The Morgan fingerprint density at radius 3 is 2.70 bits per heavy atom. The molecule has 2 heterocycles. The lowest BCUT2D eigenvalue weighted by Crippen LogP contribution is -2.48. The average Bonchev–Trinajstić information content (AvgIpc) is 3.33. The van der Waals surface area contributed by atoms with Crippen molar-refractivity contribution in [2.24, 2.45) is 11.8 Å². The zero-order valence-electron chi connectivity index (χ0n) is 18.6. The van der Waals surface area contributed by atoms with Crippen molar-refractivity contribution >= 4 is 5.91 Å². The van der Waals surface area contributed by atoms with Crippen LogP contribution in [0.1, 0.15) is 68.5 Å². The van der Waals surface area contributed by atoms with Gasteiger partial charge in [0.15, 0.2) is 11.5 Å². The van der Waals surface area contributed by atoms with Gasteiger partial charge in [-0.2, -0.15) is 0 Å². The third-order valence-corrected chi connectivity index (χ3v) is 7.03. The Kier molecular flexibility index (Phi) is 5.76. The molecule has 1 saturated carbocycles. The minimum atomic E-state index is -0.297. The molecule has 1 aliphatic carbocycles. The molecule has 0 bridgehead atoms. The maximum atomic E-state index is 13.8. The molecule has 30 heavy (non-hydrogen) atoms. The van der Waals surface area contributed by atoms with E-state index in [0.717, 1.165) is 46.9 Å². The standard InChI is InChI=1S/C24H32N2O4/c1-14-7-6-8-20(15(14)2)26(12-19-9-10-21-22(11-19)29-13-28-21)24(27)16(3)23-17(4)25-30-18(23)5/h9-11,14-16,20H,6-8,12-13H2,1-5H3/t14-,15-,16+,20-/m1/s1. The zero-order chi connectivity index (χ0) is 21.4. The molecule has 1 fully saturated rings. The van der Waals surface area contributed by atoms with Gasteiger partial charge in [-0.05, 0) is 56.7 Å². The van der Waals surface area contributed by atoms with Crippen molar-refractivity contribution < 1.29 is 18.8 Å². The van der Waals surface area contributed by atoms with E-state index in [-0.39, 0.29) is 24.7 Å². The van der Waals surface area contributed by atoms with Gasteiger partial charge in [-0.1, -0.05) is 37.9 Å². The molecular weight excluding hydrogens is 380 g/mol. The van der Waals surface area contributed by atoms with Crippen molar-refractivity contribution in [1.82, 2.24) is 10.1 Å². The molecule has 4 atom stereocenters. The van der Waals surface area contributed by atoms with E-state index in [1.54, 1.807) is 0 Å². The highest BCUT2D eigenvalue weighted by atomic mass is 16.7. The fourth-order valence-electron chi connectivity index (χ4n) is 5.07. The number of carbonyl (C=O) groups is 1. The van der Waals surface area contributed by atoms with Crippen LogP contribution in [0.3, 0.4) is 0 Å². The minimum Gasteiger partial charge on any atom is -0.454 e. The van der Waals surface area contributed by atoms with E-state index in [1.165, 1.54) is 6.42 Å². The Morgan fingerprint density at radius 1 is 1.20 bits per heavy atom. The molecule has 6 heteroatoms. The fraction of sp³-hybridized carbons (Fsp3) is 0.583. The van der Waals surface area contributed by atoms with E-state index in [2.05, 4.69) is 23.9 Å². The monoisotopic (exact) mass is 412 g/mol. The van der Waals surface area contributed by atoms with Gasteiger partial charge in [-0.15, -0.1) is 0 Å². The maximum Gasteiger partial charge on any atom is 0.231 e. The van der Waals surface area contributed by atoms with Gasteiger partial charge in [0, 0.05) is 18.2 Å². The summed E-state index contributed by atoms with van der Waals surface area (Å²) in [7, 11) is 0. The van der Waals surface area contributed by atoms with Crippen molar-refractivity contribution in [2.75, 3.05) is 6.79 Å². The molecule has 0 saturated heterocycles. The first kappa shape index (κ1) is 20.8. The summed E-state index contributed by atoms with van der Waals surface area (Å²) in [5.74, 6) is 3.13. The number of benzene rings is 1. The summed E-state index contributed by atoms with van der Waals surface area (Å²) in [6, 6.07) is 6.19. The Hall–Kier alpha value is -2.50. The van der Waals surface area contributed by atoms with E-state index in [1.807, 2.05) is 39.0 Å². The van der Waals surface area contributed by atoms with Crippen LogP contribution < -0.4 is 9.47 Å². The van der Waals surface area contributed by atoms with Crippen molar-refractivity contribution in [2.45, 2.75) is 72.4 Å². The van der Waals surface area contributed by atoms with E-state index < -0.39 is 0 Å². The zero-order valence-corrected chi connectivity index (χ0v) is 18.6. The number of ether oxygens (including phenoxy) is 2. The first-order valence-corrected chi connectivity index (χ1v) is 11.0. The van der Waals surface area contributed by atoms with Crippen LogP contribution in [0.5, 0.6) is 11.5 Å². The van der Waals surface area contributed by atoms with Crippen molar-refractivity contribution in [3.63, 3.8) is 0 Å². The fourth-order valence-corrected chi connectivity index (χ4v) is 5.07. The van der Waals surface area contributed by atoms with Gasteiger partial charge in [0.1, 0.15) is 5.76 Å². The number of aromatic nitrogens is 1. The Bertz CT molecular complexity index is 902. The molecule has 0 radical (unpaired) electrons. The molecular formula is C24H32N2O4. The minimum absolute atomic E-state index is 0.132. The van der Waals surface area contributed by atoms with E-state index in [0.29, 0.717) is 18.4 Å². The van der Waals surface area contributed by atoms with Crippen LogP contribution in [0.15, 0.2) is 22.7 Å². The van der Waals surface area contributed by atoms with Crippen LogP contribution in [0.4, 0.5) is 0 Å². The summed E-state index contributed by atoms with van der Waals surface area (Å²) in [4.78, 5) is 15.9. The van der Waals surface area contributed by atoms with Gasteiger partial charge in [-0.3, -0.25) is 4.79 Å². The van der Waals surface area contributed by atoms with Crippen molar-refractivity contribution in [3.8, 4) is 11.5 Å². The molecule has 162 valence electrons. The molecule has 4 rings (SSSR count). The Balaban J connectivity index is 1.65. The SMILES string of the molecule is Cc1noc(C)c1[C@H](C)C(=O)N(Cc1ccc2c(c1)OCO2)[C@@H]1CCC[C@@H](C)[C@H]1C. The molecule has 2 aliphatic rings. The first-order valence-electron chi connectivity index (χ1n) is 11.0. The van der Waals surface area contributed by atoms with Crippen LogP contribution in [-0.4, -0.2) is 28.8 Å². The normalized spacial score (nSPS) is 24.0. The number of aryl methyl sites for hydroxylation is 2.